The van der Waals surface area contributed by atoms with Crippen molar-refractivity contribution in [2.75, 3.05) is 26.2 Å². The maximum Gasteiger partial charge on any atom is 0.217 e. The van der Waals surface area contributed by atoms with E-state index in [-0.39, 0.29) is 5.82 Å². The SMILES string of the molecule is CCC1=CC(O)Oc2cc(OCCCCN3CCC(c4noc5cc(F)ccc45)CC3)ccc21. The molecule has 1 aromatic heterocycles. The molecular formula is C27H31FN2O4. The summed E-state index contributed by atoms with van der Waals surface area (Å²) in [6.45, 7) is 5.82. The molecule has 3 aromatic rings. The van der Waals surface area contributed by atoms with Crippen molar-refractivity contribution in [3.8, 4) is 11.5 Å². The second-order valence-electron chi connectivity index (χ2n) is 9.09. The van der Waals surface area contributed by atoms with Gasteiger partial charge in [-0.1, -0.05) is 12.1 Å². The van der Waals surface area contributed by atoms with Crippen LogP contribution in [0.4, 0.5) is 4.39 Å². The van der Waals surface area contributed by atoms with Crippen LogP contribution in [0.15, 0.2) is 47.0 Å². The van der Waals surface area contributed by atoms with Gasteiger partial charge in [-0.2, -0.15) is 0 Å². The number of piperidine rings is 1. The molecule has 0 spiro atoms. The van der Waals surface area contributed by atoms with Crippen molar-refractivity contribution in [2.45, 2.75) is 51.2 Å². The third kappa shape index (κ3) is 4.95. The van der Waals surface area contributed by atoms with E-state index in [1.54, 1.807) is 12.1 Å². The van der Waals surface area contributed by atoms with Gasteiger partial charge in [0.2, 0.25) is 6.29 Å². The van der Waals surface area contributed by atoms with E-state index in [2.05, 4.69) is 17.0 Å². The zero-order valence-corrected chi connectivity index (χ0v) is 19.5. The Labute approximate surface area is 198 Å². The first-order valence-electron chi connectivity index (χ1n) is 12.2. The number of fused-ring (bicyclic) bond motifs is 2. The van der Waals surface area contributed by atoms with Crippen LogP contribution < -0.4 is 9.47 Å². The fourth-order valence-corrected chi connectivity index (χ4v) is 4.97. The topological polar surface area (TPSA) is 68.0 Å². The first-order valence-corrected chi connectivity index (χ1v) is 12.2. The third-order valence-corrected chi connectivity index (χ3v) is 6.85. The minimum Gasteiger partial charge on any atom is -0.493 e. The molecule has 0 amide bonds. The predicted molar refractivity (Wildman–Crippen MR) is 128 cm³/mol. The van der Waals surface area contributed by atoms with Crippen LogP contribution >= 0.6 is 0 Å². The van der Waals surface area contributed by atoms with Gasteiger partial charge in [0.1, 0.15) is 17.3 Å². The van der Waals surface area contributed by atoms with Crippen molar-refractivity contribution in [3.63, 3.8) is 0 Å². The van der Waals surface area contributed by atoms with Crippen molar-refractivity contribution in [3.05, 3.63) is 59.5 Å². The predicted octanol–water partition coefficient (Wildman–Crippen LogP) is 5.51. The summed E-state index contributed by atoms with van der Waals surface area (Å²) in [6, 6.07) is 10.5. The van der Waals surface area contributed by atoms with Gasteiger partial charge < -0.3 is 24.0 Å². The average molecular weight is 467 g/mol. The molecule has 7 heteroatoms. The molecule has 2 aromatic carbocycles. The second kappa shape index (κ2) is 10.2. The number of unbranched alkanes of at least 4 members (excludes halogenated alkanes) is 1. The number of aromatic nitrogens is 1. The molecule has 2 aliphatic rings. The number of benzene rings is 2. The smallest absolute Gasteiger partial charge is 0.217 e. The highest BCUT2D eigenvalue weighted by molar-refractivity contribution is 5.80. The lowest BCUT2D eigenvalue weighted by Crippen LogP contribution is -2.34. The molecule has 6 nitrogen and oxygen atoms in total. The average Bonchev–Trinajstić information content (AvgIpc) is 3.26. The Hall–Kier alpha value is -2.90. The number of nitrogens with zero attached hydrogens (tertiary/aromatic N) is 2. The van der Waals surface area contributed by atoms with Crippen LogP contribution in [0.5, 0.6) is 11.5 Å². The highest BCUT2D eigenvalue weighted by atomic mass is 19.1. The van der Waals surface area contributed by atoms with E-state index in [4.69, 9.17) is 14.0 Å². The molecule has 34 heavy (non-hydrogen) atoms. The molecule has 1 fully saturated rings. The normalized spacial score (nSPS) is 19.0. The largest absolute Gasteiger partial charge is 0.493 e. The summed E-state index contributed by atoms with van der Waals surface area (Å²) < 4.78 is 30.2. The van der Waals surface area contributed by atoms with Crippen molar-refractivity contribution in [1.29, 1.82) is 0 Å². The number of rotatable bonds is 8. The number of halogens is 1. The Kier molecular flexibility index (Phi) is 6.83. The summed E-state index contributed by atoms with van der Waals surface area (Å²) in [4.78, 5) is 2.49. The highest BCUT2D eigenvalue weighted by Gasteiger charge is 2.25. The Morgan fingerprint density at radius 3 is 2.82 bits per heavy atom. The van der Waals surface area contributed by atoms with E-state index in [1.807, 2.05) is 18.2 Å². The van der Waals surface area contributed by atoms with Gasteiger partial charge in [0.15, 0.2) is 5.58 Å². The van der Waals surface area contributed by atoms with E-state index in [0.717, 1.165) is 79.7 Å². The first kappa shape index (κ1) is 22.9. The zero-order valence-electron chi connectivity index (χ0n) is 19.5. The minimum absolute atomic E-state index is 0.296. The lowest BCUT2D eigenvalue weighted by molar-refractivity contribution is 0.0222. The van der Waals surface area contributed by atoms with Gasteiger partial charge in [0, 0.05) is 29.0 Å². The van der Waals surface area contributed by atoms with Gasteiger partial charge in [-0.05, 0) is 87.7 Å². The van der Waals surface area contributed by atoms with E-state index in [0.29, 0.717) is 23.9 Å². The molecule has 1 atom stereocenters. The van der Waals surface area contributed by atoms with Gasteiger partial charge in [-0.15, -0.1) is 0 Å². The van der Waals surface area contributed by atoms with Crippen molar-refractivity contribution >= 4 is 16.5 Å². The lowest BCUT2D eigenvalue weighted by Gasteiger charge is -2.31. The highest BCUT2D eigenvalue weighted by Crippen LogP contribution is 2.36. The van der Waals surface area contributed by atoms with Crippen LogP contribution in [0, 0.1) is 5.82 Å². The molecule has 180 valence electrons. The number of aliphatic hydroxyl groups excluding tert-OH is 1. The fourth-order valence-electron chi connectivity index (χ4n) is 4.97. The van der Waals surface area contributed by atoms with Crippen LogP contribution in [0.1, 0.15) is 56.2 Å². The number of likely N-dealkylation sites (tertiary alicyclic amines) is 1. The molecule has 2 aliphatic heterocycles. The summed E-state index contributed by atoms with van der Waals surface area (Å²) in [5.41, 5.74) is 3.61. The maximum absolute atomic E-state index is 13.4. The quantitative estimate of drug-likeness (QED) is 0.442. The Bertz CT molecular complexity index is 1170. The molecule has 3 heterocycles. The molecule has 5 rings (SSSR count). The summed E-state index contributed by atoms with van der Waals surface area (Å²) in [6.07, 6.45) is 5.81. The molecular weight excluding hydrogens is 435 g/mol. The molecule has 0 aliphatic carbocycles. The van der Waals surface area contributed by atoms with Crippen LogP contribution in [-0.2, 0) is 0 Å². The lowest BCUT2D eigenvalue weighted by atomic mass is 9.91. The van der Waals surface area contributed by atoms with E-state index in [1.165, 1.54) is 12.1 Å². The second-order valence-corrected chi connectivity index (χ2v) is 9.09. The van der Waals surface area contributed by atoms with E-state index in [9.17, 15) is 9.50 Å². The Morgan fingerprint density at radius 1 is 1.15 bits per heavy atom. The summed E-state index contributed by atoms with van der Waals surface area (Å²) in [7, 11) is 0. The summed E-state index contributed by atoms with van der Waals surface area (Å²) >= 11 is 0. The standard InChI is InChI=1S/C27H31FN2O4/c1-2-18-15-26(31)33-24-17-21(6-8-22(18)24)32-14-4-3-11-30-12-9-19(10-13-30)27-23-7-5-20(28)16-25(23)34-29-27/h5-8,15-17,19,26,31H,2-4,9-14H2,1H3. The monoisotopic (exact) mass is 466 g/mol. The van der Waals surface area contributed by atoms with E-state index < -0.39 is 6.29 Å². The molecule has 0 saturated carbocycles. The van der Waals surface area contributed by atoms with Gasteiger partial charge in [0.25, 0.3) is 0 Å². The molecule has 1 N–H and O–H groups in total. The van der Waals surface area contributed by atoms with E-state index >= 15 is 0 Å². The third-order valence-electron chi connectivity index (χ3n) is 6.85. The number of aliphatic hydroxyl groups is 1. The summed E-state index contributed by atoms with van der Waals surface area (Å²) in [5, 5.41) is 15.0. The van der Waals surface area contributed by atoms with Crippen molar-refractivity contribution in [1.82, 2.24) is 10.1 Å². The van der Waals surface area contributed by atoms with Gasteiger partial charge >= 0.3 is 0 Å². The Morgan fingerprint density at radius 2 is 2.00 bits per heavy atom. The zero-order chi connectivity index (χ0) is 23.5. The van der Waals surface area contributed by atoms with Crippen LogP contribution in [0.3, 0.4) is 0 Å². The maximum atomic E-state index is 13.4. The van der Waals surface area contributed by atoms with Crippen molar-refractivity contribution < 1.29 is 23.5 Å². The molecule has 1 unspecified atom stereocenters. The van der Waals surface area contributed by atoms with Gasteiger partial charge in [-0.3, -0.25) is 0 Å². The fraction of sp³-hybridized carbons (Fsp3) is 0.444. The molecule has 1 saturated heterocycles. The first-order chi connectivity index (χ1) is 16.6. The Balaban J connectivity index is 1.04. The van der Waals surface area contributed by atoms with Crippen LogP contribution in [0.25, 0.3) is 16.5 Å². The van der Waals surface area contributed by atoms with Crippen LogP contribution in [-0.4, -0.2) is 47.7 Å². The number of hydrogen-bond acceptors (Lipinski definition) is 6. The molecule has 0 radical (unpaired) electrons. The number of allylic oxidation sites excluding steroid dienone is 1. The van der Waals surface area contributed by atoms with Crippen LogP contribution in [0.2, 0.25) is 0 Å². The number of hydrogen-bond donors (Lipinski definition) is 1. The minimum atomic E-state index is -0.896. The van der Waals surface area contributed by atoms with Gasteiger partial charge in [0.05, 0.1) is 12.3 Å². The van der Waals surface area contributed by atoms with Gasteiger partial charge in [-0.25, -0.2) is 4.39 Å². The van der Waals surface area contributed by atoms with Crippen molar-refractivity contribution in [2.24, 2.45) is 0 Å². The summed E-state index contributed by atoms with van der Waals surface area (Å²) in [5.74, 6) is 1.51. The number of ether oxygens (including phenoxy) is 2. The molecule has 0 bridgehead atoms.